The molecule has 1 N–H and O–H groups in total. The van der Waals surface area contributed by atoms with Gasteiger partial charge in [-0.15, -0.1) is 0 Å². The molecule has 0 spiro atoms. The highest BCUT2D eigenvalue weighted by atomic mass is 16.4. The van der Waals surface area contributed by atoms with Gasteiger partial charge in [0.2, 0.25) is 0 Å². The van der Waals surface area contributed by atoms with E-state index >= 15 is 0 Å². The number of carbonyl (C=O) groups excluding carboxylic acids is 2. The highest BCUT2D eigenvalue weighted by molar-refractivity contribution is 5.99. The van der Waals surface area contributed by atoms with Crippen LogP contribution in [0.5, 0.6) is 0 Å². The summed E-state index contributed by atoms with van der Waals surface area (Å²) in [6, 6.07) is 0. The van der Waals surface area contributed by atoms with Crippen molar-refractivity contribution in [2.75, 3.05) is 0 Å². The van der Waals surface area contributed by atoms with E-state index in [1.807, 2.05) is 13.8 Å². The van der Waals surface area contributed by atoms with Gasteiger partial charge < -0.3 is 9.90 Å². The molecule has 4 rings (SSSR count). The summed E-state index contributed by atoms with van der Waals surface area (Å²) in [6.45, 7) is 10.8. The molecule has 2 fully saturated rings. The minimum Gasteiger partial charge on any atom is -0.481 e. The van der Waals surface area contributed by atoms with Crippen molar-refractivity contribution < 1.29 is 19.5 Å². The molecule has 4 aliphatic carbocycles. The van der Waals surface area contributed by atoms with Crippen LogP contribution in [0.2, 0.25) is 0 Å². The standard InChI is InChI=1S/C25H36O4/c1-15(21(28)29)16-8-12-25(5)18-6-7-19-22(2,17(18)9-13-24(16,25)4)11-10-20(27)23(19,3)14-26/h14-16,19H,6-13H2,1-5H3,(H,28,29)/t15-,16+,19+,22+,23+,24+,25-/m0/s1. The molecule has 0 amide bonds. The van der Waals surface area contributed by atoms with Crippen molar-refractivity contribution >= 4 is 18.0 Å². The number of allylic oxidation sites excluding steroid dienone is 2. The molecule has 0 unspecified atom stereocenters. The van der Waals surface area contributed by atoms with Crippen LogP contribution in [0, 0.1) is 39.4 Å². The van der Waals surface area contributed by atoms with E-state index in [0.717, 1.165) is 51.2 Å². The maximum absolute atomic E-state index is 12.7. The van der Waals surface area contributed by atoms with Crippen LogP contribution in [-0.4, -0.2) is 23.1 Å². The SMILES string of the molecule is C[C@H](C(=O)O)[C@H]1CC[C@@]2(C)C3=C(CC[C@]12C)[C@@]1(C)CCC(=O)[C@](C)(C=O)[C@@H]1CC3. The first kappa shape index (κ1) is 20.8. The Morgan fingerprint density at radius 1 is 1.03 bits per heavy atom. The number of hydrogen-bond donors (Lipinski definition) is 1. The fourth-order valence-corrected chi connectivity index (χ4v) is 8.40. The Kier molecular flexibility index (Phi) is 4.50. The second-order valence-electron chi connectivity index (χ2n) is 11.3. The minimum atomic E-state index is -0.858. The van der Waals surface area contributed by atoms with Gasteiger partial charge in [0.1, 0.15) is 12.1 Å². The van der Waals surface area contributed by atoms with Crippen molar-refractivity contribution in [3.63, 3.8) is 0 Å². The topological polar surface area (TPSA) is 71.4 Å². The number of carboxylic acid groups (broad SMARTS) is 1. The second-order valence-corrected chi connectivity index (χ2v) is 11.3. The summed E-state index contributed by atoms with van der Waals surface area (Å²) in [5.74, 6) is -0.583. The fraction of sp³-hybridized carbons (Fsp3) is 0.800. The molecular weight excluding hydrogens is 364 g/mol. The molecule has 0 aromatic rings. The van der Waals surface area contributed by atoms with E-state index in [1.54, 1.807) is 5.57 Å². The minimum absolute atomic E-state index is 0.00524. The van der Waals surface area contributed by atoms with E-state index in [-0.39, 0.29) is 39.8 Å². The number of carboxylic acids is 1. The Bertz CT molecular complexity index is 812. The van der Waals surface area contributed by atoms with E-state index in [1.165, 1.54) is 5.57 Å². The first-order valence-corrected chi connectivity index (χ1v) is 11.4. The van der Waals surface area contributed by atoms with E-state index < -0.39 is 11.4 Å². The Morgan fingerprint density at radius 2 is 1.72 bits per heavy atom. The van der Waals surface area contributed by atoms with Crippen molar-refractivity contribution in [2.24, 2.45) is 39.4 Å². The van der Waals surface area contributed by atoms with Crippen LogP contribution in [0.3, 0.4) is 0 Å². The maximum Gasteiger partial charge on any atom is 0.306 e. The summed E-state index contributed by atoms with van der Waals surface area (Å²) in [7, 11) is 0. The quantitative estimate of drug-likeness (QED) is 0.401. The van der Waals surface area contributed by atoms with Crippen LogP contribution in [0.4, 0.5) is 0 Å². The van der Waals surface area contributed by atoms with Crippen LogP contribution in [0.1, 0.15) is 86.0 Å². The van der Waals surface area contributed by atoms with Crippen LogP contribution < -0.4 is 0 Å². The number of hydrogen-bond acceptors (Lipinski definition) is 3. The highest BCUT2D eigenvalue weighted by Gasteiger charge is 2.64. The van der Waals surface area contributed by atoms with Gasteiger partial charge in [-0.2, -0.15) is 0 Å². The zero-order valence-corrected chi connectivity index (χ0v) is 18.6. The molecule has 7 atom stereocenters. The second kappa shape index (κ2) is 6.28. The molecule has 2 saturated carbocycles. The zero-order chi connectivity index (χ0) is 21.4. The predicted molar refractivity (Wildman–Crippen MR) is 111 cm³/mol. The molecule has 4 nitrogen and oxygen atoms in total. The van der Waals surface area contributed by atoms with Gasteiger partial charge in [-0.3, -0.25) is 9.59 Å². The first-order valence-electron chi connectivity index (χ1n) is 11.4. The van der Waals surface area contributed by atoms with Gasteiger partial charge in [-0.05, 0) is 80.0 Å². The van der Waals surface area contributed by atoms with Crippen molar-refractivity contribution in [3.05, 3.63) is 11.1 Å². The van der Waals surface area contributed by atoms with Crippen molar-refractivity contribution in [2.45, 2.75) is 86.0 Å². The molecule has 4 heteroatoms. The van der Waals surface area contributed by atoms with Crippen molar-refractivity contribution in [1.29, 1.82) is 0 Å². The molecule has 29 heavy (non-hydrogen) atoms. The summed E-state index contributed by atoms with van der Waals surface area (Å²) in [5, 5.41) is 9.69. The van der Waals surface area contributed by atoms with Gasteiger partial charge in [0, 0.05) is 6.42 Å². The van der Waals surface area contributed by atoms with Crippen molar-refractivity contribution in [1.82, 2.24) is 0 Å². The van der Waals surface area contributed by atoms with Gasteiger partial charge in [-0.1, -0.05) is 38.8 Å². The molecule has 4 aliphatic rings. The lowest BCUT2D eigenvalue weighted by atomic mass is 9.43. The van der Waals surface area contributed by atoms with Gasteiger partial charge in [-0.25, -0.2) is 0 Å². The van der Waals surface area contributed by atoms with Crippen LogP contribution in [0.25, 0.3) is 0 Å². The number of aldehydes is 1. The molecule has 0 radical (unpaired) electrons. The Hall–Kier alpha value is -1.45. The summed E-state index contributed by atoms with van der Waals surface area (Å²) >= 11 is 0. The fourth-order valence-electron chi connectivity index (χ4n) is 8.40. The first-order chi connectivity index (χ1) is 13.5. The number of aliphatic carboxylic acids is 1. The van der Waals surface area contributed by atoms with Gasteiger partial charge in [0.05, 0.1) is 11.3 Å². The maximum atomic E-state index is 12.7. The largest absolute Gasteiger partial charge is 0.481 e. The van der Waals surface area contributed by atoms with Crippen LogP contribution in [0.15, 0.2) is 11.1 Å². The number of carbonyl (C=O) groups is 3. The van der Waals surface area contributed by atoms with E-state index in [2.05, 4.69) is 20.8 Å². The molecule has 0 aromatic heterocycles. The lowest BCUT2D eigenvalue weighted by Crippen LogP contribution is -2.55. The highest BCUT2D eigenvalue weighted by Crippen LogP contribution is 2.72. The Labute approximate surface area is 174 Å². The number of ketones is 1. The van der Waals surface area contributed by atoms with Gasteiger partial charge in [0.15, 0.2) is 0 Å². The summed E-state index contributed by atoms with van der Waals surface area (Å²) in [6.07, 6.45) is 8.13. The number of fused-ring (bicyclic) bond motifs is 4. The predicted octanol–water partition coefficient (Wildman–Crippen LogP) is 5.20. The van der Waals surface area contributed by atoms with E-state index in [9.17, 15) is 19.5 Å². The average Bonchev–Trinajstić information content (AvgIpc) is 2.96. The molecule has 0 aromatic carbocycles. The van der Waals surface area contributed by atoms with Crippen LogP contribution >= 0.6 is 0 Å². The normalized spacial score (nSPS) is 47.8. The molecule has 0 aliphatic heterocycles. The number of rotatable bonds is 3. The van der Waals surface area contributed by atoms with Crippen molar-refractivity contribution in [3.8, 4) is 0 Å². The van der Waals surface area contributed by atoms with Gasteiger partial charge >= 0.3 is 5.97 Å². The summed E-state index contributed by atoms with van der Waals surface area (Å²) in [5.41, 5.74) is 2.15. The Morgan fingerprint density at radius 3 is 2.34 bits per heavy atom. The third-order valence-electron chi connectivity index (χ3n) is 10.5. The lowest BCUT2D eigenvalue weighted by molar-refractivity contribution is -0.146. The summed E-state index contributed by atoms with van der Waals surface area (Å²) < 4.78 is 0. The van der Waals surface area contributed by atoms with Gasteiger partial charge in [0.25, 0.3) is 0 Å². The lowest BCUT2D eigenvalue weighted by Gasteiger charge is -2.60. The third-order valence-corrected chi connectivity index (χ3v) is 10.5. The molecule has 160 valence electrons. The monoisotopic (exact) mass is 400 g/mol. The zero-order valence-electron chi connectivity index (χ0n) is 18.6. The molecular formula is C25H36O4. The third kappa shape index (κ3) is 2.41. The number of Topliss-reactive ketones (excluding diaryl/α,β-unsaturated/α-hetero) is 1. The smallest absolute Gasteiger partial charge is 0.306 e. The van der Waals surface area contributed by atoms with Crippen LogP contribution in [-0.2, 0) is 14.4 Å². The average molecular weight is 401 g/mol. The molecule has 0 heterocycles. The molecule has 0 saturated heterocycles. The Balaban J connectivity index is 1.79. The molecule has 0 bridgehead atoms. The van der Waals surface area contributed by atoms with E-state index in [4.69, 9.17) is 0 Å². The van der Waals surface area contributed by atoms with E-state index in [0.29, 0.717) is 6.42 Å². The summed E-state index contributed by atoms with van der Waals surface area (Å²) in [4.78, 5) is 36.5.